The predicted molar refractivity (Wildman–Crippen MR) is 112 cm³/mol. The zero-order valence-corrected chi connectivity index (χ0v) is 18.5. The van der Waals surface area contributed by atoms with Crippen LogP contribution >= 0.6 is 0 Å². The van der Waals surface area contributed by atoms with E-state index in [-0.39, 0.29) is 45.1 Å². The molecule has 0 radical (unpaired) electrons. The molecule has 0 aliphatic heterocycles. The van der Waals surface area contributed by atoms with Crippen molar-refractivity contribution >= 4 is 26.4 Å². The van der Waals surface area contributed by atoms with Gasteiger partial charge in [0.2, 0.25) is 0 Å². The van der Waals surface area contributed by atoms with Gasteiger partial charge in [0.05, 0.1) is 29.3 Å². The lowest BCUT2D eigenvalue weighted by Crippen LogP contribution is -2.26. The van der Waals surface area contributed by atoms with Gasteiger partial charge in [0.15, 0.2) is 15.7 Å². The number of sulfone groups is 1. The maximum absolute atomic E-state index is 13.4. The monoisotopic (exact) mass is 478 g/mol. The molecular formula is C20H17F3N6O3S. The van der Waals surface area contributed by atoms with Crippen LogP contribution in [0.5, 0.6) is 0 Å². The number of aryl methyl sites for hydroxylation is 1. The average molecular weight is 478 g/mol. The van der Waals surface area contributed by atoms with Gasteiger partial charge in [0, 0.05) is 20.3 Å². The Morgan fingerprint density at radius 3 is 2.48 bits per heavy atom. The van der Waals surface area contributed by atoms with Gasteiger partial charge >= 0.3 is 6.18 Å². The minimum absolute atomic E-state index is 0.0704. The Kier molecular flexibility index (Phi) is 5.08. The van der Waals surface area contributed by atoms with Crippen LogP contribution in [0.25, 0.3) is 28.1 Å². The fourth-order valence-electron chi connectivity index (χ4n) is 3.71. The number of nitriles is 1. The summed E-state index contributed by atoms with van der Waals surface area (Å²) in [6, 6.07) is 5.84. The zero-order valence-electron chi connectivity index (χ0n) is 17.7. The summed E-state index contributed by atoms with van der Waals surface area (Å²) in [6.45, 7) is 1.45. The third kappa shape index (κ3) is 3.46. The van der Waals surface area contributed by atoms with Crippen LogP contribution in [0, 0.1) is 11.3 Å². The van der Waals surface area contributed by atoms with Crippen molar-refractivity contribution in [3.63, 3.8) is 0 Å². The van der Waals surface area contributed by atoms with Gasteiger partial charge in [-0.05, 0) is 17.7 Å². The zero-order chi connectivity index (χ0) is 24.3. The summed E-state index contributed by atoms with van der Waals surface area (Å²) in [5, 5.41) is 13.3. The fourth-order valence-corrected chi connectivity index (χ4v) is 4.91. The van der Waals surface area contributed by atoms with Crippen molar-refractivity contribution in [2.24, 2.45) is 14.1 Å². The van der Waals surface area contributed by atoms with Crippen molar-refractivity contribution in [3.8, 4) is 17.6 Å². The lowest BCUT2D eigenvalue weighted by atomic mass is 10.2. The number of fused-ring (bicyclic) bond motifs is 2. The number of alkyl halides is 3. The van der Waals surface area contributed by atoms with E-state index in [0.717, 1.165) is 13.1 Å². The molecule has 0 atom stereocenters. The summed E-state index contributed by atoms with van der Waals surface area (Å²) < 4.78 is 69.1. The molecule has 0 N–H and O–H groups in total. The van der Waals surface area contributed by atoms with Crippen molar-refractivity contribution in [2.75, 3.05) is 5.75 Å². The van der Waals surface area contributed by atoms with Crippen LogP contribution in [0.15, 0.2) is 34.1 Å². The van der Waals surface area contributed by atoms with Crippen LogP contribution in [-0.4, -0.2) is 37.9 Å². The van der Waals surface area contributed by atoms with Gasteiger partial charge < -0.3 is 9.13 Å². The fraction of sp³-hybridized carbons (Fsp3) is 0.300. The number of imidazole rings is 1. The third-order valence-corrected chi connectivity index (χ3v) is 7.17. The van der Waals surface area contributed by atoms with E-state index in [1.807, 2.05) is 6.07 Å². The largest absolute Gasteiger partial charge is 0.431 e. The van der Waals surface area contributed by atoms with Gasteiger partial charge in [-0.25, -0.2) is 17.9 Å². The second kappa shape index (κ2) is 7.45. The molecule has 13 heteroatoms. The molecule has 0 saturated heterocycles. The molecule has 0 saturated carbocycles. The van der Waals surface area contributed by atoms with Gasteiger partial charge in [-0.2, -0.15) is 23.5 Å². The molecule has 9 nitrogen and oxygen atoms in total. The lowest BCUT2D eigenvalue weighted by molar-refractivity contribution is -0.143. The van der Waals surface area contributed by atoms with Crippen LogP contribution in [0.1, 0.15) is 18.2 Å². The third-order valence-electron chi connectivity index (χ3n) is 5.39. The first kappa shape index (κ1) is 22.5. The van der Waals surface area contributed by atoms with Crippen molar-refractivity contribution in [1.82, 2.24) is 23.7 Å². The van der Waals surface area contributed by atoms with Gasteiger partial charge in [0.25, 0.3) is 5.56 Å². The first-order valence-electron chi connectivity index (χ1n) is 9.65. The second-order valence-electron chi connectivity index (χ2n) is 7.40. The van der Waals surface area contributed by atoms with E-state index in [9.17, 15) is 26.4 Å². The van der Waals surface area contributed by atoms with Gasteiger partial charge in [-0.1, -0.05) is 13.0 Å². The summed E-state index contributed by atoms with van der Waals surface area (Å²) in [4.78, 5) is 16.7. The molecule has 33 heavy (non-hydrogen) atoms. The smallest absolute Gasteiger partial charge is 0.321 e. The van der Waals surface area contributed by atoms with Crippen molar-refractivity contribution in [3.05, 3.63) is 46.0 Å². The van der Waals surface area contributed by atoms with Gasteiger partial charge in [0.1, 0.15) is 21.8 Å². The van der Waals surface area contributed by atoms with E-state index in [0.29, 0.717) is 10.1 Å². The van der Waals surface area contributed by atoms with E-state index < -0.39 is 27.3 Å². The maximum Gasteiger partial charge on any atom is 0.431 e. The second-order valence-corrected chi connectivity index (χ2v) is 9.62. The predicted octanol–water partition coefficient (Wildman–Crippen LogP) is 2.47. The molecule has 0 bridgehead atoms. The van der Waals surface area contributed by atoms with Crippen molar-refractivity contribution < 1.29 is 21.6 Å². The minimum Gasteiger partial charge on any atom is -0.321 e. The lowest BCUT2D eigenvalue weighted by Gasteiger charge is -2.11. The highest BCUT2D eigenvalue weighted by atomic mass is 32.2. The molecule has 0 aliphatic rings. The van der Waals surface area contributed by atoms with Crippen LogP contribution in [0.4, 0.5) is 13.2 Å². The Hall–Kier alpha value is -3.66. The molecule has 0 spiro atoms. The molecule has 0 aliphatic carbocycles. The molecule has 0 aromatic carbocycles. The average Bonchev–Trinajstić information content (AvgIpc) is 3.27. The van der Waals surface area contributed by atoms with Crippen molar-refractivity contribution in [1.29, 1.82) is 5.26 Å². The van der Waals surface area contributed by atoms with Gasteiger partial charge in [-0.15, -0.1) is 0 Å². The number of pyridine rings is 2. The number of nitrogens with zero attached hydrogens (tertiary/aromatic N) is 6. The molecule has 0 fully saturated rings. The summed E-state index contributed by atoms with van der Waals surface area (Å²) in [5.74, 6) is -0.329. The Balaban J connectivity index is 2.10. The number of halogens is 3. The number of hydrogen-bond acceptors (Lipinski definition) is 6. The molecule has 4 aromatic rings. The van der Waals surface area contributed by atoms with Crippen LogP contribution in [-0.2, 0) is 36.5 Å². The van der Waals surface area contributed by atoms with E-state index >= 15 is 0 Å². The normalized spacial score (nSPS) is 12.5. The van der Waals surface area contributed by atoms with E-state index in [1.165, 1.54) is 35.3 Å². The van der Waals surface area contributed by atoms with Crippen LogP contribution in [0.3, 0.4) is 0 Å². The number of aromatic nitrogens is 5. The topological polar surface area (TPSA) is 115 Å². The first-order chi connectivity index (χ1) is 15.4. The molecular weight excluding hydrogens is 461 g/mol. The molecule has 0 amide bonds. The summed E-state index contributed by atoms with van der Waals surface area (Å²) in [6.07, 6.45) is -3.21. The number of hydrogen-bond donors (Lipinski definition) is 0. The van der Waals surface area contributed by atoms with Gasteiger partial charge in [-0.3, -0.25) is 4.79 Å². The Morgan fingerprint density at radius 2 is 1.88 bits per heavy atom. The Bertz CT molecular complexity index is 1640. The summed E-state index contributed by atoms with van der Waals surface area (Å²) in [5.41, 5.74) is -1.74. The van der Waals surface area contributed by atoms with Crippen molar-refractivity contribution in [2.45, 2.75) is 24.4 Å². The Labute approximate surface area is 185 Å². The Morgan fingerprint density at radius 1 is 1.18 bits per heavy atom. The van der Waals surface area contributed by atoms with E-state index in [1.54, 1.807) is 6.07 Å². The highest BCUT2D eigenvalue weighted by molar-refractivity contribution is 7.91. The number of rotatable bonds is 4. The molecule has 4 heterocycles. The molecule has 172 valence electrons. The molecule has 4 aromatic heterocycles. The highest BCUT2D eigenvalue weighted by Crippen LogP contribution is 2.34. The molecule has 0 unspecified atom stereocenters. The quantitative estimate of drug-likeness (QED) is 0.445. The summed E-state index contributed by atoms with van der Waals surface area (Å²) >= 11 is 0. The SMILES string of the molecule is CCS(=O)(=O)c1c(-c2nc3cc(C(F)(F)F)n(C)c(=O)c3n2C)nn2cc(CC#N)ccc12. The van der Waals surface area contributed by atoms with E-state index in [2.05, 4.69) is 10.1 Å². The maximum atomic E-state index is 13.4. The van der Waals surface area contributed by atoms with Crippen LogP contribution < -0.4 is 5.56 Å². The highest BCUT2D eigenvalue weighted by Gasteiger charge is 2.36. The first-order valence-corrected chi connectivity index (χ1v) is 11.3. The summed E-state index contributed by atoms with van der Waals surface area (Å²) in [7, 11) is -1.44. The minimum atomic E-state index is -4.78. The van der Waals surface area contributed by atoms with Crippen LogP contribution in [0.2, 0.25) is 0 Å². The standard InChI is InChI=1S/C20H17F3N6O3S/c1-4-33(31,32)17-13-6-5-11(7-8-24)10-29(13)26-15(17)18-25-12-9-14(20(21,22)23)27(2)19(30)16(12)28(18)3/h5-6,9-10H,4,7H2,1-3H3. The van der Waals surface area contributed by atoms with E-state index in [4.69, 9.17) is 5.26 Å². The molecule has 4 rings (SSSR count).